The van der Waals surface area contributed by atoms with Crippen molar-refractivity contribution in [2.45, 2.75) is 26.7 Å². The van der Waals surface area contributed by atoms with E-state index in [9.17, 15) is 4.79 Å². The number of aromatic nitrogens is 3. The third-order valence-electron chi connectivity index (χ3n) is 2.45. The van der Waals surface area contributed by atoms with Gasteiger partial charge < -0.3 is 9.63 Å². The molecule has 0 saturated carbocycles. The maximum absolute atomic E-state index is 10.4. The van der Waals surface area contributed by atoms with Gasteiger partial charge in [-0.15, -0.1) is 0 Å². The Hall–Kier alpha value is -2.24. The normalized spacial score (nSPS) is 10.6. The molecule has 0 bridgehead atoms. The molecule has 0 aliphatic heterocycles. The predicted molar refractivity (Wildman–Crippen MR) is 63.0 cm³/mol. The lowest BCUT2D eigenvalue weighted by molar-refractivity contribution is -0.137. The molecule has 18 heavy (non-hydrogen) atoms. The van der Waals surface area contributed by atoms with Crippen LogP contribution in [0.3, 0.4) is 0 Å². The maximum Gasteiger partial charge on any atom is 0.303 e. The van der Waals surface area contributed by atoms with Crippen LogP contribution in [0.1, 0.15) is 23.4 Å². The summed E-state index contributed by atoms with van der Waals surface area (Å²) in [7, 11) is 0. The Morgan fingerprint density at radius 3 is 2.89 bits per heavy atom. The van der Waals surface area contributed by atoms with Crippen molar-refractivity contribution in [2.75, 3.05) is 0 Å². The van der Waals surface area contributed by atoms with Crippen LogP contribution < -0.4 is 0 Å². The van der Waals surface area contributed by atoms with Gasteiger partial charge in [-0.25, -0.2) is 0 Å². The Bertz CT molecular complexity index is 578. The van der Waals surface area contributed by atoms with E-state index in [2.05, 4.69) is 15.1 Å². The summed E-state index contributed by atoms with van der Waals surface area (Å²) in [6, 6.07) is 1.98. The fourth-order valence-corrected chi connectivity index (χ4v) is 1.62. The summed E-state index contributed by atoms with van der Waals surface area (Å²) in [6.45, 7) is 3.88. The number of rotatable bonds is 4. The first kappa shape index (κ1) is 12.2. The minimum absolute atomic E-state index is 0.0259. The van der Waals surface area contributed by atoms with E-state index in [1.165, 1.54) is 0 Å². The van der Waals surface area contributed by atoms with Crippen LogP contribution in [-0.4, -0.2) is 26.2 Å². The third-order valence-corrected chi connectivity index (χ3v) is 2.45. The molecule has 0 fully saturated rings. The largest absolute Gasteiger partial charge is 0.481 e. The number of aliphatic carboxylic acids is 1. The highest BCUT2D eigenvalue weighted by Crippen LogP contribution is 2.18. The van der Waals surface area contributed by atoms with Gasteiger partial charge in [0.15, 0.2) is 0 Å². The smallest absolute Gasteiger partial charge is 0.303 e. The monoisotopic (exact) mass is 247 g/mol. The summed E-state index contributed by atoms with van der Waals surface area (Å²) in [5, 5.41) is 12.4. The van der Waals surface area contributed by atoms with E-state index in [4.69, 9.17) is 9.63 Å². The van der Waals surface area contributed by atoms with Crippen LogP contribution in [0.2, 0.25) is 0 Å². The van der Waals surface area contributed by atoms with Gasteiger partial charge in [0.05, 0.1) is 6.42 Å². The highest BCUT2D eigenvalue weighted by Gasteiger charge is 2.13. The summed E-state index contributed by atoms with van der Waals surface area (Å²) in [5.74, 6) is -0.179. The second kappa shape index (κ2) is 4.95. The van der Waals surface area contributed by atoms with E-state index in [0.717, 1.165) is 11.1 Å². The molecule has 6 heteroatoms. The van der Waals surface area contributed by atoms with E-state index in [1.54, 1.807) is 6.20 Å². The van der Waals surface area contributed by atoms with Crippen molar-refractivity contribution in [3.8, 4) is 11.5 Å². The number of carboxylic acids is 1. The first-order valence-corrected chi connectivity index (χ1v) is 5.54. The van der Waals surface area contributed by atoms with Gasteiger partial charge in [-0.3, -0.25) is 9.78 Å². The molecule has 2 aromatic rings. The van der Waals surface area contributed by atoms with Crippen molar-refractivity contribution in [3.05, 3.63) is 29.3 Å². The van der Waals surface area contributed by atoms with Gasteiger partial charge in [-0.1, -0.05) is 11.2 Å². The highest BCUT2D eigenvalue weighted by atomic mass is 16.5. The number of hydrogen-bond acceptors (Lipinski definition) is 5. The van der Waals surface area contributed by atoms with Crippen molar-refractivity contribution in [1.82, 2.24) is 15.1 Å². The second-order valence-corrected chi connectivity index (χ2v) is 4.08. The van der Waals surface area contributed by atoms with Crippen LogP contribution in [0.25, 0.3) is 11.5 Å². The molecule has 0 amide bonds. The Balaban J connectivity index is 2.21. The van der Waals surface area contributed by atoms with Crippen molar-refractivity contribution >= 4 is 5.97 Å². The minimum Gasteiger partial charge on any atom is -0.481 e. The van der Waals surface area contributed by atoms with Gasteiger partial charge in [0, 0.05) is 12.6 Å². The Morgan fingerprint density at radius 1 is 1.44 bits per heavy atom. The van der Waals surface area contributed by atoms with Crippen molar-refractivity contribution in [2.24, 2.45) is 0 Å². The second-order valence-electron chi connectivity index (χ2n) is 4.08. The van der Waals surface area contributed by atoms with E-state index < -0.39 is 5.97 Å². The summed E-state index contributed by atoms with van der Waals surface area (Å²) in [4.78, 5) is 18.8. The Morgan fingerprint density at radius 2 is 2.22 bits per heavy atom. The quantitative estimate of drug-likeness (QED) is 0.885. The molecule has 2 rings (SSSR count). The van der Waals surface area contributed by atoms with Crippen molar-refractivity contribution < 1.29 is 14.4 Å². The van der Waals surface area contributed by atoms with Crippen LogP contribution in [-0.2, 0) is 11.2 Å². The number of pyridine rings is 1. The number of carbonyl (C=O) groups is 1. The summed E-state index contributed by atoms with van der Waals surface area (Å²) in [5.41, 5.74) is 2.68. The van der Waals surface area contributed by atoms with Crippen LogP contribution in [0.4, 0.5) is 0 Å². The molecule has 0 aliphatic rings. The molecular formula is C12H13N3O3. The molecule has 0 aliphatic carbocycles. The molecule has 0 unspecified atom stereocenters. The molecule has 2 aromatic heterocycles. The molecule has 0 saturated heterocycles. The lowest BCUT2D eigenvalue weighted by Gasteiger charge is -2.00. The number of nitrogens with zero attached hydrogens (tertiary/aromatic N) is 3. The average molecular weight is 247 g/mol. The van der Waals surface area contributed by atoms with E-state index in [1.807, 2.05) is 19.9 Å². The zero-order valence-corrected chi connectivity index (χ0v) is 10.2. The molecule has 0 radical (unpaired) electrons. The van der Waals surface area contributed by atoms with Gasteiger partial charge in [-0.05, 0) is 25.0 Å². The topological polar surface area (TPSA) is 89.1 Å². The standard InChI is InChI=1S/C12H13N3O3/c1-7-5-8(2)11(13-6-7)12-14-9(18-15-12)3-4-10(16)17/h5-6H,3-4H2,1-2H3,(H,16,17). The van der Waals surface area contributed by atoms with Crippen LogP contribution in [0, 0.1) is 13.8 Å². The van der Waals surface area contributed by atoms with Gasteiger partial charge in [0.2, 0.25) is 11.7 Å². The average Bonchev–Trinajstić information content (AvgIpc) is 2.75. The summed E-state index contributed by atoms with van der Waals surface area (Å²) >= 11 is 0. The number of hydrogen-bond donors (Lipinski definition) is 1. The van der Waals surface area contributed by atoms with Crippen LogP contribution in [0.5, 0.6) is 0 Å². The molecular weight excluding hydrogens is 234 g/mol. The molecule has 6 nitrogen and oxygen atoms in total. The first-order valence-electron chi connectivity index (χ1n) is 5.54. The van der Waals surface area contributed by atoms with E-state index >= 15 is 0 Å². The molecule has 0 aromatic carbocycles. The maximum atomic E-state index is 10.4. The number of aryl methyl sites for hydroxylation is 3. The van der Waals surface area contributed by atoms with Crippen LogP contribution in [0.15, 0.2) is 16.8 Å². The molecule has 1 N–H and O–H groups in total. The van der Waals surface area contributed by atoms with Gasteiger partial charge in [-0.2, -0.15) is 4.98 Å². The summed E-state index contributed by atoms with van der Waals surface area (Å²) < 4.78 is 4.99. The molecule has 94 valence electrons. The predicted octanol–water partition coefficient (Wildman–Crippen LogP) is 1.77. The molecule has 2 heterocycles. The third kappa shape index (κ3) is 2.71. The molecule has 0 spiro atoms. The van der Waals surface area contributed by atoms with Gasteiger partial charge in [0.25, 0.3) is 0 Å². The van der Waals surface area contributed by atoms with Crippen molar-refractivity contribution in [3.63, 3.8) is 0 Å². The lowest BCUT2D eigenvalue weighted by atomic mass is 10.1. The van der Waals surface area contributed by atoms with Gasteiger partial charge in [0.1, 0.15) is 5.69 Å². The van der Waals surface area contributed by atoms with E-state index in [0.29, 0.717) is 17.4 Å². The fraction of sp³-hybridized carbons (Fsp3) is 0.333. The Labute approximate surface area is 104 Å². The first-order chi connectivity index (χ1) is 8.56. The van der Waals surface area contributed by atoms with Crippen molar-refractivity contribution in [1.29, 1.82) is 0 Å². The zero-order chi connectivity index (χ0) is 13.1. The highest BCUT2D eigenvalue weighted by molar-refractivity contribution is 5.66. The lowest BCUT2D eigenvalue weighted by Crippen LogP contribution is -1.97. The van der Waals surface area contributed by atoms with Gasteiger partial charge >= 0.3 is 5.97 Å². The Kier molecular flexibility index (Phi) is 3.36. The zero-order valence-electron chi connectivity index (χ0n) is 10.2. The van der Waals surface area contributed by atoms with E-state index in [-0.39, 0.29) is 12.8 Å². The van der Waals surface area contributed by atoms with Crippen LogP contribution >= 0.6 is 0 Å². The minimum atomic E-state index is -0.889. The SMILES string of the molecule is Cc1cnc(-c2noc(CCC(=O)O)n2)c(C)c1. The molecule has 0 atom stereocenters. The fourth-order valence-electron chi connectivity index (χ4n) is 1.62. The number of carboxylic acid groups (broad SMARTS) is 1. The summed E-state index contributed by atoms with van der Waals surface area (Å²) in [6.07, 6.45) is 1.94.